The van der Waals surface area contributed by atoms with Crippen molar-refractivity contribution < 1.29 is 4.39 Å². The first kappa shape index (κ1) is 9.84. The molecule has 2 heteroatoms. The third-order valence-electron chi connectivity index (χ3n) is 2.40. The van der Waals surface area contributed by atoms with E-state index in [0.29, 0.717) is 0 Å². The van der Waals surface area contributed by atoms with Crippen LogP contribution in [-0.4, -0.2) is 4.98 Å². The second-order valence-corrected chi connectivity index (χ2v) is 3.68. The van der Waals surface area contributed by atoms with Gasteiger partial charge in [-0.1, -0.05) is 17.7 Å². The number of nitrogens with zero attached hydrogens (tertiary/aromatic N) is 1. The molecule has 1 aromatic carbocycles. The Morgan fingerprint density at radius 3 is 2.53 bits per heavy atom. The van der Waals surface area contributed by atoms with Crippen LogP contribution in [0.3, 0.4) is 0 Å². The van der Waals surface area contributed by atoms with Crippen molar-refractivity contribution in [3.63, 3.8) is 0 Å². The van der Waals surface area contributed by atoms with Gasteiger partial charge in [-0.2, -0.15) is 0 Å². The molecule has 2 aromatic rings. The molecule has 0 amide bonds. The normalized spacial score (nSPS) is 10.3. The van der Waals surface area contributed by atoms with E-state index in [-0.39, 0.29) is 5.82 Å². The Hall–Kier alpha value is -1.70. The summed E-state index contributed by atoms with van der Waals surface area (Å²) in [4.78, 5) is 4.08. The molecule has 15 heavy (non-hydrogen) atoms. The molecular weight excluding hydrogens is 189 g/mol. The predicted octanol–water partition coefficient (Wildman–Crippen LogP) is 3.50. The summed E-state index contributed by atoms with van der Waals surface area (Å²) < 4.78 is 12.7. The van der Waals surface area contributed by atoms with Crippen molar-refractivity contribution >= 4 is 0 Å². The average molecular weight is 201 g/mol. The second kappa shape index (κ2) is 3.81. The fourth-order valence-corrected chi connectivity index (χ4v) is 1.55. The molecule has 1 heterocycles. The standard InChI is InChI=1S/C13H12FN/c1-9-3-4-10(2)12(7-9)13-6-5-11(14)8-15-13/h3-8H,1-2H3. The molecule has 0 aliphatic carbocycles. The van der Waals surface area contributed by atoms with E-state index in [2.05, 4.69) is 23.2 Å². The van der Waals surface area contributed by atoms with Gasteiger partial charge in [-0.15, -0.1) is 0 Å². The first-order chi connectivity index (χ1) is 7.16. The maximum absolute atomic E-state index is 12.7. The maximum atomic E-state index is 12.7. The Balaban J connectivity index is 2.53. The number of aryl methyl sites for hydroxylation is 2. The Morgan fingerprint density at radius 2 is 1.87 bits per heavy atom. The molecule has 0 saturated carbocycles. The zero-order chi connectivity index (χ0) is 10.8. The number of aromatic nitrogens is 1. The molecule has 0 spiro atoms. The number of hydrogen-bond donors (Lipinski definition) is 0. The van der Waals surface area contributed by atoms with Gasteiger partial charge in [-0.05, 0) is 37.6 Å². The number of benzene rings is 1. The molecule has 0 saturated heterocycles. The fourth-order valence-electron chi connectivity index (χ4n) is 1.55. The zero-order valence-electron chi connectivity index (χ0n) is 8.79. The van der Waals surface area contributed by atoms with E-state index in [1.54, 1.807) is 6.07 Å². The molecule has 0 N–H and O–H groups in total. The summed E-state index contributed by atoms with van der Waals surface area (Å²) in [6.45, 7) is 4.06. The van der Waals surface area contributed by atoms with Gasteiger partial charge in [0.2, 0.25) is 0 Å². The van der Waals surface area contributed by atoms with Gasteiger partial charge in [0.25, 0.3) is 0 Å². The van der Waals surface area contributed by atoms with Crippen molar-refractivity contribution in [1.82, 2.24) is 4.98 Å². The van der Waals surface area contributed by atoms with Crippen molar-refractivity contribution in [3.8, 4) is 11.3 Å². The maximum Gasteiger partial charge on any atom is 0.141 e. The minimum absolute atomic E-state index is 0.302. The van der Waals surface area contributed by atoms with Gasteiger partial charge in [0.05, 0.1) is 11.9 Å². The van der Waals surface area contributed by atoms with Crippen LogP contribution in [0.2, 0.25) is 0 Å². The Morgan fingerprint density at radius 1 is 1.07 bits per heavy atom. The van der Waals surface area contributed by atoms with Gasteiger partial charge in [0, 0.05) is 5.56 Å². The van der Waals surface area contributed by atoms with Crippen LogP contribution in [0.15, 0.2) is 36.5 Å². The smallest absolute Gasteiger partial charge is 0.141 e. The average Bonchev–Trinajstić information content (AvgIpc) is 2.23. The second-order valence-electron chi connectivity index (χ2n) is 3.68. The summed E-state index contributed by atoms with van der Waals surface area (Å²) in [5, 5.41) is 0. The molecule has 0 aliphatic rings. The van der Waals surface area contributed by atoms with Gasteiger partial charge < -0.3 is 0 Å². The summed E-state index contributed by atoms with van der Waals surface area (Å²) in [5.74, 6) is -0.302. The van der Waals surface area contributed by atoms with E-state index < -0.39 is 0 Å². The largest absolute Gasteiger partial charge is 0.253 e. The Bertz CT molecular complexity index is 474. The molecule has 0 unspecified atom stereocenters. The monoisotopic (exact) mass is 201 g/mol. The Labute approximate surface area is 88.6 Å². The van der Waals surface area contributed by atoms with Crippen LogP contribution in [0, 0.1) is 19.7 Å². The van der Waals surface area contributed by atoms with Gasteiger partial charge in [0.1, 0.15) is 5.82 Å². The third-order valence-corrected chi connectivity index (χ3v) is 2.40. The minimum atomic E-state index is -0.302. The third kappa shape index (κ3) is 2.04. The summed E-state index contributed by atoms with van der Waals surface area (Å²) >= 11 is 0. The van der Waals surface area contributed by atoms with Crippen LogP contribution in [0.25, 0.3) is 11.3 Å². The summed E-state index contributed by atoms with van der Waals surface area (Å²) in [7, 11) is 0. The van der Waals surface area contributed by atoms with E-state index in [4.69, 9.17) is 0 Å². The van der Waals surface area contributed by atoms with Gasteiger partial charge in [-0.3, -0.25) is 4.98 Å². The van der Waals surface area contributed by atoms with Gasteiger partial charge >= 0.3 is 0 Å². The minimum Gasteiger partial charge on any atom is -0.253 e. The van der Waals surface area contributed by atoms with Crippen molar-refractivity contribution in [3.05, 3.63) is 53.5 Å². The molecule has 0 radical (unpaired) electrons. The van der Waals surface area contributed by atoms with E-state index in [1.165, 1.54) is 17.8 Å². The lowest BCUT2D eigenvalue weighted by Crippen LogP contribution is -1.88. The summed E-state index contributed by atoms with van der Waals surface area (Å²) in [6, 6.07) is 9.31. The molecule has 1 aromatic heterocycles. The van der Waals surface area contributed by atoms with Crippen LogP contribution in [0.5, 0.6) is 0 Å². The van der Waals surface area contributed by atoms with Crippen molar-refractivity contribution in [1.29, 1.82) is 0 Å². The van der Waals surface area contributed by atoms with E-state index in [1.807, 2.05) is 13.8 Å². The molecule has 1 nitrogen and oxygen atoms in total. The predicted molar refractivity (Wildman–Crippen MR) is 59.1 cm³/mol. The highest BCUT2D eigenvalue weighted by Crippen LogP contribution is 2.22. The van der Waals surface area contributed by atoms with E-state index in [9.17, 15) is 4.39 Å². The SMILES string of the molecule is Cc1ccc(C)c(-c2ccc(F)cn2)c1. The van der Waals surface area contributed by atoms with Gasteiger partial charge in [0.15, 0.2) is 0 Å². The number of hydrogen-bond acceptors (Lipinski definition) is 1. The highest BCUT2D eigenvalue weighted by Gasteiger charge is 2.03. The van der Waals surface area contributed by atoms with Crippen LogP contribution in [0.1, 0.15) is 11.1 Å². The highest BCUT2D eigenvalue weighted by molar-refractivity contribution is 5.64. The summed E-state index contributed by atoms with van der Waals surface area (Å²) in [6.07, 6.45) is 1.25. The lowest BCUT2D eigenvalue weighted by atomic mass is 10.0. The van der Waals surface area contributed by atoms with Crippen molar-refractivity contribution in [2.75, 3.05) is 0 Å². The van der Waals surface area contributed by atoms with Crippen molar-refractivity contribution in [2.24, 2.45) is 0 Å². The van der Waals surface area contributed by atoms with E-state index >= 15 is 0 Å². The van der Waals surface area contributed by atoms with Gasteiger partial charge in [-0.25, -0.2) is 4.39 Å². The van der Waals surface area contributed by atoms with Crippen LogP contribution in [0.4, 0.5) is 4.39 Å². The molecule has 0 aliphatic heterocycles. The molecule has 0 atom stereocenters. The number of halogens is 1. The van der Waals surface area contributed by atoms with Crippen LogP contribution < -0.4 is 0 Å². The molecule has 0 bridgehead atoms. The topological polar surface area (TPSA) is 12.9 Å². The lowest BCUT2D eigenvalue weighted by Gasteiger charge is -2.05. The molecule has 0 fully saturated rings. The molecular formula is C13H12FN. The molecule has 2 rings (SSSR count). The molecule has 76 valence electrons. The number of pyridine rings is 1. The number of rotatable bonds is 1. The first-order valence-corrected chi connectivity index (χ1v) is 4.86. The van der Waals surface area contributed by atoms with Crippen LogP contribution >= 0.6 is 0 Å². The fraction of sp³-hybridized carbons (Fsp3) is 0.154. The lowest BCUT2D eigenvalue weighted by molar-refractivity contribution is 0.622. The highest BCUT2D eigenvalue weighted by atomic mass is 19.1. The van der Waals surface area contributed by atoms with Crippen molar-refractivity contribution in [2.45, 2.75) is 13.8 Å². The van der Waals surface area contributed by atoms with Crippen LogP contribution in [-0.2, 0) is 0 Å². The van der Waals surface area contributed by atoms with E-state index in [0.717, 1.165) is 16.8 Å². The zero-order valence-corrected chi connectivity index (χ0v) is 8.79. The Kier molecular flexibility index (Phi) is 2.50. The quantitative estimate of drug-likeness (QED) is 0.688. The summed E-state index contributed by atoms with van der Waals surface area (Å²) in [5.41, 5.74) is 4.22. The first-order valence-electron chi connectivity index (χ1n) is 4.86.